The molecule has 0 aliphatic carbocycles. The number of halogens is 1. The maximum Gasteiger partial charge on any atom is 0.340 e. The van der Waals surface area contributed by atoms with E-state index in [0.717, 1.165) is 22.5 Å². The third-order valence-corrected chi connectivity index (χ3v) is 4.87. The number of benzene rings is 2. The zero-order valence-corrected chi connectivity index (χ0v) is 17.0. The lowest BCUT2D eigenvalue weighted by Gasteiger charge is -2.15. The number of carbonyl (C=O) groups is 1. The van der Waals surface area contributed by atoms with Gasteiger partial charge in [-0.05, 0) is 64.1 Å². The van der Waals surface area contributed by atoms with E-state index >= 15 is 0 Å². The SMILES string of the molecule is Cc1n[nH]c(C)c1-c1cc2oc(-c3ccc(F)cc3)c(C(=O)O)c2cc1OC(C)C. The first-order valence-electron chi connectivity index (χ1n) is 9.54. The molecule has 4 aromatic rings. The van der Waals surface area contributed by atoms with Crippen LogP contribution in [0.15, 0.2) is 40.8 Å². The second-order valence-corrected chi connectivity index (χ2v) is 7.44. The van der Waals surface area contributed by atoms with Gasteiger partial charge in [-0.25, -0.2) is 9.18 Å². The Labute approximate surface area is 172 Å². The van der Waals surface area contributed by atoms with Crippen LogP contribution in [0, 0.1) is 19.7 Å². The summed E-state index contributed by atoms with van der Waals surface area (Å²) in [5, 5.41) is 17.5. The molecule has 2 aromatic carbocycles. The number of furan rings is 1. The topological polar surface area (TPSA) is 88.4 Å². The van der Waals surface area contributed by atoms with Crippen LogP contribution in [0.5, 0.6) is 5.75 Å². The van der Waals surface area contributed by atoms with E-state index in [1.54, 1.807) is 12.1 Å². The molecule has 0 atom stereocenters. The maximum absolute atomic E-state index is 13.4. The van der Waals surface area contributed by atoms with Gasteiger partial charge in [-0.15, -0.1) is 0 Å². The van der Waals surface area contributed by atoms with Gasteiger partial charge in [0.2, 0.25) is 0 Å². The van der Waals surface area contributed by atoms with Crippen molar-refractivity contribution in [1.29, 1.82) is 0 Å². The third-order valence-electron chi connectivity index (χ3n) is 4.87. The van der Waals surface area contributed by atoms with Crippen LogP contribution in [0.1, 0.15) is 35.6 Å². The number of hydrogen-bond acceptors (Lipinski definition) is 4. The van der Waals surface area contributed by atoms with Crippen LogP contribution in [-0.4, -0.2) is 27.4 Å². The minimum Gasteiger partial charge on any atom is -0.490 e. The number of aromatic amines is 1. The van der Waals surface area contributed by atoms with E-state index in [2.05, 4.69) is 10.2 Å². The number of carboxylic acid groups (broad SMARTS) is 1. The highest BCUT2D eigenvalue weighted by molar-refractivity contribution is 6.09. The Morgan fingerprint density at radius 1 is 1.20 bits per heavy atom. The lowest BCUT2D eigenvalue weighted by molar-refractivity contribution is 0.0699. The number of aromatic carboxylic acids is 1. The number of aryl methyl sites for hydroxylation is 2. The van der Waals surface area contributed by atoms with Gasteiger partial charge in [-0.3, -0.25) is 5.10 Å². The molecule has 0 bridgehead atoms. The number of nitrogens with zero attached hydrogens (tertiary/aromatic N) is 1. The summed E-state index contributed by atoms with van der Waals surface area (Å²) in [6.45, 7) is 7.60. The standard InChI is InChI=1S/C23H21FN2O4/c1-11(2)29-18-10-17-19(9-16(18)20-12(3)25-26-13(20)4)30-22(21(17)23(27)28)14-5-7-15(24)8-6-14/h5-11H,1-4H3,(H,25,26)(H,27,28). The molecule has 0 radical (unpaired) electrons. The van der Waals surface area contributed by atoms with Crippen molar-refractivity contribution in [2.24, 2.45) is 0 Å². The van der Waals surface area contributed by atoms with Gasteiger partial charge >= 0.3 is 5.97 Å². The van der Waals surface area contributed by atoms with Crippen molar-refractivity contribution in [1.82, 2.24) is 10.2 Å². The first-order chi connectivity index (χ1) is 14.3. The molecule has 0 spiro atoms. The summed E-state index contributed by atoms with van der Waals surface area (Å²) < 4.78 is 25.4. The van der Waals surface area contributed by atoms with Crippen molar-refractivity contribution in [3.8, 4) is 28.2 Å². The van der Waals surface area contributed by atoms with Crippen molar-refractivity contribution >= 4 is 16.9 Å². The van der Waals surface area contributed by atoms with Crippen LogP contribution in [0.25, 0.3) is 33.4 Å². The summed E-state index contributed by atoms with van der Waals surface area (Å²) in [4.78, 5) is 12.1. The fourth-order valence-corrected chi connectivity index (χ4v) is 3.63. The normalized spacial score (nSPS) is 11.4. The van der Waals surface area contributed by atoms with Crippen molar-refractivity contribution in [3.05, 3.63) is 59.2 Å². The Morgan fingerprint density at radius 3 is 2.47 bits per heavy atom. The molecule has 2 N–H and O–H groups in total. The highest BCUT2D eigenvalue weighted by atomic mass is 19.1. The Kier molecular flexibility index (Phi) is 4.81. The Hall–Kier alpha value is -3.61. The molecule has 0 saturated carbocycles. The van der Waals surface area contributed by atoms with Gasteiger partial charge in [0.1, 0.15) is 28.5 Å². The summed E-state index contributed by atoms with van der Waals surface area (Å²) in [5.41, 5.74) is 4.19. The molecule has 2 heterocycles. The zero-order chi connectivity index (χ0) is 21.6. The summed E-state index contributed by atoms with van der Waals surface area (Å²) in [6.07, 6.45) is -0.120. The lowest BCUT2D eigenvalue weighted by atomic mass is 9.99. The largest absolute Gasteiger partial charge is 0.490 e. The minimum atomic E-state index is -1.13. The number of nitrogens with one attached hydrogen (secondary N) is 1. The van der Waals surface area contributed by atoms with Gasteiger partial charge in [0, 0.05) is 27.8 Å². The first-order valence-corrected chi connectivity index (χ1v) is 9.54. The Bertz CT molecular complexity index is 1230. The highest BCUT2D eigenvalue weighted by Crippen LogP contribution is 2.42. The van der Waals surface area contributed by atoms with Gasteiger partial charge in [-0.1, -0.05) is 0 Å². The molecule has 0 unspecified atom stereocenters. The predicted molar refractivity (Wildman–Crippen MR) is 111 cm³/mol. The van der Waals surface area contributed by atoms with Gasteiger partial charge < -0.3 is 14.3 Å². The van der Waals surface area contributed by atoms with E-state index in [1.807, 2.05) is 27.7 Å². The van der Waals surface area contributed by atoms with Crippen molar-refractivity contribution in [3.63, 3.8) is 0 Å². The molecule has 0 saturated heterocycles. The molecule has 0 amide bonds. The molecule has 0 fully saturated rings. The van der Waals surface area contributed by atoms with Crippen molar-refractivity contribution in [2.45, 2.75) is 33.8 Å². The average Bonchev–Trinajstić information content (AvgIpc) is 3.21. The van der Waals surface area contributed by atoms with Gasteiger partial charge in [0.25, 0.3) is 0 Å². The summed E-state index contributed by atoms with van der Waals surface area (Å²) in [5.74, 6) is -0.829. The van der Waals surface area contributed by atoms with Gasteiger partial charge in [-0.2, -0.15) is 5.10 Å². The maximum atomic E-state index is 13.4. The summed E-state index contributed by atoms with van der Waals surface area (Å²) in [7, 11) is 0. The third kappa shape index (κ3) is 3.32. The quantitative estimate of drug-likeness (QED) is 0.440. The van der Waals surface area contributed by atoms with Crippen LogP contribution in [-0.2, 0) is 0 Å². The molecule has 4 rings (SSSR count). The van der Waals surface area contributed by atoms with Gasteiger partial charge in [0.05, 0.1) is 11.8 Å². The Balaban J connectivity index is 2.03. The van der Waals surface area contributed by atoms with Crippen molar-refractivity contribution < 1.29 is 23.4 Å². The average molecular weight is 408 g/mol. The van der Waals surface area contributed by atoms with E-state index in [0.29, 0.717) is 22.3 Å². The van der Waals surface area contributed by atoms with E-state index in [4.69, 9.17) is 9.15 Å². The fourth-order valence-electron chi connectivity index (χ4n) is 3.63. The predicted octanol–water partition coefficient (Wildman–Crippen LogP) is 5.73. The van der Waals surface area contributed by atoms with Crippen LogP contribution in [0.4, 0.5) is 4.39 Å². The minimum absolute atomic E-state index is 0.0115. The van der Waals surface area contributed by atoms with Crippen LogP contribution in [0.2, 0.25) is 0 Å². The molecular weight excluding hydrogens is 387 g/mol. The summed E-state index contributed by atoms with van der Waals surface area (Å²) in [6, 6.07) is 9.00. The number of fused-ring (bicyclic) bond motifs is 1. The molecule has 6 nitrogen and oxygen atoms in total. The molecule has 0 aliphatic rings. The fraction of sp³-hybridized carbons (Fsp3) is 0.217. The molecule has 154 valence electrons. The van der Waals surface area contributed by atoms with Crippen LogP contribution < -0.4 is 4.74 Å². The number of aromatic nitrogens is 2. The van der Waals surface area contributed by atoms with Gasteiger partial charge in [0.15, 0.2) is 0 Å². The van der Waals surface area contributed by atoms with E-state index in [1.165, 1.54) is 24.3 Å². The highest BCUT2D eigenvalue weighted by Gasteiger charge is 2.25. The van der Waals surface area contributed by atoms with E-state index in [9.17, 15) is 14.3 Å². The summed E-state index contributed by atoms with van der Waals surface area (Å²) >= 11 is 0. The molecule has 2 aromatic heterocycles. The number of carboxylic acids is 1. The molecule has 30 heavy (non-hydrogen) atoms. The first kappa shape index (κ1) is 19.7. The second kappa shape index (κ2) is 7.33. The molecule has 0 aliphatic heterocycles. The van der Waals surface area contributed by atoms with E-state index < -0.39 is 11.8 Å². The Morgan fingerprint density at radius 2 is 1.90 bits per heavy atom. The zero-order valence-electron chi connectivity index (χ0n) is 17.0. The molecular formula is C23H21FN2O4. The van der Waals surface area contributed by atoms with Crippen LogP contribution in [0.3, 0.4) is 0 Å². The van der Waals surface area contributed by atoms with E-state index in [-0.39, 0.29) is 17.4 Å². The second-order valence-electron chi connectivity index (χ2n) is 7.44. The number of rotatable bonds is 5. The monoisotopic (exact) mass is 408 g/mol. The number of hydrogen-bond donors (Lipinski definition) is 2. The smallest absolute Gasteiger partial charge is 0.340 e. The number of H-pyrrole nitrogens is 1. The lowest BCUT2D eigenvalue weighted by Crippen LogP contribution is -2.07. The van der Waals surface area contributed by atoms with Crippen molar-refractivity contribution in [2.75, 3.05) is 0 Å². The number of ether oxygens (including phenoxy) is 1. The van der Waals surface area contributed by atoms with Crippen LogP contribution >= 0.6 is 0 Å². The molecule has 7 heteroatoms.